The molecule has 2 atom stereocenters. The molecule has 0 aliphatic heterocycles. The molecule has 0 fully saturated rings. The maximum atomic E-state index is 12.9. The van der Waals surface area contributed by atoms with Crippen LogP contribution in [-0.2, 0) is 10.4 Å². The number of imidazole rings is 1. The summed E-state index contributed by atoms with van der Waals surface area (Å²) in [4.78, 5) is 17.2. The van der Waals surface area contributed by atoms with Crippen LogP contribution in [0.5, 0.6) is 0 Å². The van der Waals surface area contributed by atoms with E-state index in [2.05, 4.69) is 10.3 Å². The highest BCUT2D eigenvalue weighted by Crippen LogP contribution is 2.30. The van der Waals surface area contributed by atoms with E-state index < -0.39 is 5.66 Å². The van der Waals surface area contributed by atoms with Crippen molar-refractivity contribution in [3.05, 3.63) is 90.0 Å². The maximum absolute atomic E-state index is 12.9. The number of nitrogens with zero attached hydrogens (tertiary/aromatic N) is 2. The monoisotopic (exact) mass is 363 g/mol. The number of amides is 1. The molecule has 27 heavy (non-hydrogen) atoms. The fourth-order valence-corrected chi connectivity index (χ4v) is 3.18. The van der Waals surface area contributed by atoms with Crippen LogP contribution < -0.4 is 5.32 Å². The van der Waals surface area contributed by atoms with Crippen LogP contribution in [0, 0.1) is 6.92 Å². The summed E-state index contributed by atoms with van der Waals surface area (Å²) in [6.07, 6.45) is 4.07. The predicted molar refractivity (Wildman–Crippen MR) is 105 cm³/mol. The van der Waals surface area contributed by atoms with Crippen molar-refractivity contribution in [1.29, 1.82) is 0 Å². The molecular formula is C22H25N3O2. The summed E-state index contributed by atoms with van der Waals surface area (Å²) in [5.41, 5.74) is 1.88. The SMILES string of the molecule is COC(CC(C)(NC(=O)c1ccccc1)n1cnc(C)c1)c1ccccc1. The smallest absolute Gasteiger partial charge is 0.253 e. The molecule has 2 aromatic carbocycles. The van der Waals surface area contributed by atoms with Crippen molar-refractivity contribution in [3.8, 4) is 0 Å². The number of carbonyl (C=O) groups excluding carboxylic acids is 1. The van der Waals surface area contributed by atoms with Gasteiger partial charge in [0.1, 0.15) is 5.66 Å². The van der Waals surface area contributed by atoms with Crippen LogP contribution in [-0.4, -0.2) is 22.6 Å². The lowest BCUT2D eigenvalue weighted by molar-refractivity contribution is 0.0433. The van der Waals surface area contributed by atoms with Gasteiger partial charge in [-0.25, -0.2) is 4.98 Å². The van der Waals surface area contributed by atoms with Gasteiger partial charge in [-0.2, -0.15) is 0 Å². The van der Waals surface area contributed by atoms with E-state index in [1.165, 1.54) is 0 Å². The quantitative estimate of drug-likeness (QED) is 0.688. The number of hydrogen-bond donors (Lipinski definition) is 1. The predicted octanol–water partition coefficient (Wildman–Crippen LogP) is 4.07. The van der Waals surface area contributed by atoms with Crippen LogP contribution in [0.2, 0.25) is 0 Å². The van der Waals surface area contributed by atoms with E-state index in [4.69, 9.17) is 4.74 Å². The topological polar surface area (TPSA) is 56.1 Å². The average molecular weight is 363 g/mol. The lowest BCUT2D eigenvalue weighted by Gasteiger charge is -2.35. The first kappa shape index (κ1) is 18.9. The van der Waals surface area contributed by atoms with Gasteiger partial charge in [0.15, 0.2) is 0 Å². The number of methoxy groups -OCH3 is 1. The Labute approximate surface area is 160 Å². The molecule has 1 amide bonds. The van der Waals surface area contributed by atoms with E-state index >= 15 is 0 Å². The van der Waals surface area contributed by atoms with Crippen molar-refractivity contribution < 1.29 is 9.53 Å². The van der Waals surface area contributed by atoms with Crippen LogP contribution in [0.4, 0.5) is 0 Å². The number of benzene rings is 2. The molecule has 3 aromatic rings. The Morgan fingerprint density at radius 3 is 2.33 bits per heavy atom. The Bertz CT molecular complexity index is 877. The van der Waals surface area contributed by atoms with Crippen molar-refractivity contribution >= 4 is 5.91 Å². The van der Waals surface area contributed by atoms with Gasteiger partial charge in [0.05, 0.1) is 18.1 Å². The summed E-state index contributed by atoms with van der Waals surface area (Å²) in [6.45, 7) is 3.92. The van der Waals surface area contributed by atoms with Crippen molar-refractivity contribution in [2.75, 3.05) is 7.11 Å². The van der Waals surface area contributed by atoms with Gasteiger partial charge >= 0.3 is 0 Å². The van der Waals surface area contributed by atoms with Gasteiger partial charge in [-0.05, 0) is 31.5 Å². The molecule has 0 aliphatic rings. The highest BCUT2D eigenvalue weighted by atomic mass is 16.5. The zero-order valence-corrected chi connectivity index (χ0v) is 15.9. The number of carbonyl (C=O) groups is 1. The molecule has 2 unspecified atom stereocenters. The highest BCUT2D eigenvalue weighted by molar-refractivity contribution is 5.94. The normalized spacial score (nSPS) is 14.3. The van der Waals surface area contributed by atoms with Gasteiger partial charge in [0.25, 0.3) is 5.91 Å². The van der Waals surface area contributed by atoms with Gasteiger partial charge in [0.2, 0.25) is 0 Å². The maximum Gasteiger partial charge on any atom is 0.253 e. The summed E-state index contributed by atoms with van der Waals surface area (Å²) in [5, 5.41) is 3.18. The second-order valence-corrected chi connectivity index (χ2v) is 6.86. The molecule has 5 heteroatoms. The summed E-state index contributed by atoms with van der Waals surface area (Å²) >= 11 is 0. The average Bonchev–Trinajstić information content (AvgIpc) is 3.15. The lowest BCUT2D eigenvalue weighted by atomic mass is 9.97. The highest BCUT2D eigenvalue weighted by Gasteiger charge is 2.33. The van der Waals surface area contributed by atoms with Crippen LogP contribution >= 0.6 is 0 Å². The third-order valence-electron chi connectivity index (χ3n) is 4.74. The minimum absolute atomic E-state index is 0.132. The Hall–Kier alpha value is -2.92. The van der Waals surface area contributed by atoms with Gasteiger partial charge < -0.3 is 14.6 Å². The molecule has 0 spiro atoms. The molecule has 0 aliphatic carbocycles. The van der Waals surface area contributed by atoms with Gasteiger partial charge in [-0.1, -0.05) is 48.5 Å². The number of aromatic nitrogens is 2. The Morgan fingerprint density at radius 2 is 1.78 bits per heavy atom. The number of hydrogen-bond acceptors (Lipinski definition) is 3. The van der Waals surface area contributed by atoms with Crippen LogP contribution in [0.25, 0.3) is 0 Å². The van der Waals surface area contributed by atoms with E-state index in [-0.39, 0.29) is 12.0 Å². The van der Waals surface area contributed by atoms with Crippen LogP contribution in [0.1, 0.15) is 41.1 Å². The molecule has 3 rings (SSSR count). The first-order valence-corrected chi connectivity index (χ1v) is 8.98. The van der Waals surface area contributed by atoms with E-state index in [9.17, 15) is 4.79 Å². The molecule has 0 saturated carbocycles. The summed E-state index contributed by atoms with van der Waals surface area (Å²) in [6, 6.07) is 19.2. The van der Waals surface area contributed by atoms with E-state index in [0.29, 0.717) is 12.0 Å². The van der Waals surface area contributed by atoms with Crippen molar-refractivity contribution in [3.63, 3.8) is 0 Å². The fraction of sp³-hybridized carbons (Fsp3) is 0.273. The first-order chi connectivity index (χ1) is 13.0. The first-order valence-electron chi connectivity index (χ1n) is 8.98. The summed E-state index contributed by atoms with van der Waals surface area (Å²) in [5.74, 6) is -0.132. The zero-order chi connectivity index (χ0) is 19.3. The van der Waals surface area contributed by atoms with Crippen LogP contribution in [0.3, 0.4) is 0 Å². The van der Waals surface area contributed by atoms with E-state index in [1.54, 1.807) is 25.6 Å². The Morgan fingerprint density at radius 1 is 1.15 bits per heavy atom. The molecular weight excluding hydrogens is 338 g/mol. The number of ether oxygens (including phenoxy) is 1. The number of nitrogens with one attached hydrogen (secondary N) is 1. The summed E-state index contributed by atoms with van der Waals surface area (Å²) in [7, 11) is 1.69. The van der Waals surface area contributed by atoms with Crippen molar-refractivity contribution in [1.82, 2.24) is 14.9 Å². The standard InChI is InChI=1S/C22H25N3O2/c1-17-15-25(16-23-17)22(2,24-21(26)19-12-8-5-9-13-19)14-20(27-3)18-10-6-4-7-11-18/h4-13,15-16,20H,14H2,1-3H3,(H,24,26). The molecule has 1 aromatic heterocycles. The van der Waals surface area contributed by atoms with Gasteiger partial charge in [-0.15, -0.1) is 0 Å². The summed E-state index contributed by atoms with van der Waals surface area (Å²) < 4.78 is 7.71. The lowest BCUT2D eigenvalue weighted by Crippen LogP contribution is -2.48. The molecule has 5 nitrogen and oxygen atoms in total. The molecule has 0 radical (unpaired) electrons. The largest absolute Gasteiger partial charge is 0.377 e. The fourth-order valence-electron chi connectivity index (χ4n) is 3.18. The van der Waals surface area contributed by atoms with Gasteiger partial charge in [0, 0.05) is 25.3 Å². The molecule has 0 bridgehead atoms. The third kappa shape index (κ3) is 4.44. The number of rotatable bonds is 7. The minimum Gasteiger partial charge on any atom is -0.377 e. The Balaban J connectivity index is 1.91. The van der Waals surface area contributed by atoms with Gasteiger partial charge in [-0.3, -0.25) is 4.79 Å². The molecule has 0 saturated heterocycles. The molecule has 1 N–H and O–H groups in total. The Kier molecular flexibility index (Phi) is 5.72. The van der Waals surface area contributed by atoms with E-state index in [1.807, 2.05) is 73.1 Å². The van der Waals surface area contributed by atoms with E-state index in [0.717, 1.165) is 11.3 Å². The third-order valence-corrected chi connectivity index (χ3v) is 4.74. The van der Waals surface area contributed by atoms with Crippen molar-refractivity contribution in [2.24, 2.45) is 0 Å². The number of aryl methyl sites for hydroxylation is 1. The second kappa shape index (κ2) is 8.18. The minimum atomic E-state index is -0.704. The van der Waals surface area contributed by atoms with Crippen molar-refractivity contribution in [2.45, 2.75) is 32.0 Å². The molecule has 140 valence electrons. The second-order valence-electron chi connectivity index (χ2n) is 6.86. The molecule has 1 heterocycles. The van der Waals surface area contributed by atoms with Crippen LogP contribution in [0.15, 0.2) is 73.2 Å². The zero-order valence-electron chi connectivity index (χ0n) is 15.9.